The van der Waals surface area contributed by atoms with Crippen LogP contribution in [0.15, 0.2) is 52.2 Å². The highest BCUT2D eigenvalue weighted by Gasteiger charge is 2.09. The fraction of sp³-hybridized carbons (Fsp3) is 0.308. The molecule has 0 bridgehead atoms. The topological polar surface area (TPSA) is 12.4 Å². The molecule has 0 N–H and O–H groups in total. The zero-order chi connectivity index (χ0) is 11.3. The second kappa shape index (κ2) is 5.72. The van der Waals surface area contributed by atoms with Gasteiger partial charge in [0.15, 0.2) is 0 Å². The molecule has 2 heteroatoms. The van der Waals surface area contributed by atoms with Crippen molar-refractivity contribution in [1.29, 1.82) is 0 Å². The number of allylic oxidation sites excluding steroid dienone is 6. The van der Waals surface area contributed by atoms with Crippen LogP contribution in [0.2, 0.25) is 0 Å². The van der Waals surface area contributed by atoms with Gasteiger partial charge >= 0.3 is 0 Å². The Balaban J connectivity index is 2.88. The van der Waals surface area contributed by atoms with Gasteiger partial charge in [0.05, 0.1) is 5.70 Å². The van der Waals surface area contributed by atoms with Crippen LogP contribution in [-0.4, -0.2) is 6.72 Å². The molecular formula is C13H16ClN. The largest absolute Gasteiger partial charge is 0.264 e. The summed E-state index contributed by atoms with van der Waals surface area (Å²) < 4.78 is 0. The first-order chi connectivity index (χ1) is 7.17. The molecule has 0 spiro atoms. The molecule has 1 nitrogen and oxygen atoms in total. The SMILES string of the molecule is C=CC(C)CC1=CCC=C(Cl)C=C1N=C. The predicted molar refractivity (Wildman–Crippen MR) is 68.2 cm³/mol. The van der Waals surface area contributed by atoms with Crippen molar-refractivity contribution in [2.24, 2.45) is 10.9 Å². The molecule has 15 heavy (non-hydrogen) atoms. The molecule has 0 aromatic heterocycles. The van der Waals surface area contributed by atoms with E-state index in [1.165, 1.54) is 5.57 Å². The highest BCUT2D eigenvalue weighted by molar-refractivity contribution is 6.31. The second-order valence-electron chi connectivity index (χ2n) is 3.66. The standard InChI is InChI=1S/C13H16ClN/c1-4-10(2)8-11-6-5-7-12(14)9-13(11)15-3/h4,6-7,9-10H,1,3,5,8H2,2H3. The fourth-order valence-electron chi connectivity index (χ4n) is 1.47. The first-order valence-corrected chi connectivity index (χ1v) is 5.41. The zero-order valence-electron chi connectivity index (χ0n) is 9.04. The molecular weight excluding hydrogens is 206 g/mol. The maximum Gasteiger partial charge on any atom is 0.0666 e. The Bertz CT molecular complexity index is 348. The lowest BCUT2D eigenvalue weighted by molar-refractivity contribution is 0.720. The Morgan fingerprint density at radius 3 is 2.93 bits per heavy atom. The molecule has 1 atom stereocenters. The van der Waals surface area contributed by atoms with Gasteiger partial charge in [-0.1, -0.05) is 36.8 Å². The van der Waals surface area contributed by atoms with E-state index in [-0.39, 0.29) is 0 Å². The van der Waals surface area contributed by atoms with Crippen LogP contribution >= 0.6 is 11.6 Å². The van der Waals surface area contributed by atoms with E-state index < -0.39 is 0 Å². The van der Waals surface area contributed by atoms with E-state index >= 15 is 0 Å². The van der Waals surface area contributed by atoms with Crippen LogP contribution in [-0.2, 0) is 0 Å². The van der Waals surface area contributed by atoms with Crippen LogP contribution < -0.4 is 0 Å². The summed E-state index contributed by atoms with van der Waals surface area (Å²) in [4.78, 5) is 4.01. The van der Waals surface area contributed by atoms with Gasteiger partial charge in [-0.2, -0.15) is 0 Å². The molecule has 0 radical (unpaired) electrons. The molecule has 0 fully saturated rings. The molecule has 1 aliphatic rings. The van der Waals surface area contributed by atoms with Crippen molar-refractivity contribution in [3.8, 4) is 0 Å². The smallest absolute Gasteiger partial charge is 0.0666 e. The lowest BCUT2D eigenvalue weighted by Crippen LogP contribution is -1.95. The summed E-state index contributed by atoms with van der Waals surface area (Å²) in [7, 11) is 0. The van der Waals surface area contributed by atoms with Crippen molar-refractivity contribution in [3.05, 3.63) is 47.2 Å². The maximum atomic E-state index is 5.97. The molecule has 1 rings (SSSR count). The van der Waals surface area contributed by atoms with Gasteiger partial charge in [-0.25, -0.2) is 0 Å². The van der Waals surface area contributed by atoms with E-state index in [1.807, 2.05) is 18.2 Å². The van der Waals surface area contributed by atoms with E-state index in [9.17, 15) is 0 Å². The van der Waals surface area contributed by atoms with Gasteiger partial charge in [0.1, 0.15) is 0 Å². The van der Waals surface area contributed by atoms with Crippen LogP contribution in [0.5, 0.6) is 0 Å². The number of hydrogen-bond donors (Lipinski definition) is 0. The van der Waals surface area contributed by atoms with E-state index in [0.29, 0.717) is 5.92 Å². The Morgan fingerprint density at radius 2 is 2.33 bits per heavy atom. The van der Waals surface area contributed by atoms with Crippen LogP contribution in [0.25, 0.3) is 0 Å². The summed E-state index contributed by atoms with van der Waals surface area (Å²) in [6, 6.07) is 0. The van der Waals surface area contributed by atoms with Gasteiger partial charge in [-0.3, -0.25) is 4.99 Å². The molecule has 0 saturated carbocycles. The first kappa shape index (κ1) is 12.0. The normalized spacial score (nSPS) is 18.1. The molecule has 0 saturated heterocycles. The van der Waals surface area contributed by atoms with E-state index in [1.54, 1.807) is 0 Å². The van der Waals surface area contributed by atoms with E-state index in [0.717, 1.165) is 23.6 Å². The highest BCUT2D eigenvalue weighted by Crippen LogP contribution is 2.26. The van der Waals surface area contributed by atoms with Crippen molar-refractivity contribution in [2.45, 2.75) is 19.8 Å². The number of nitrogens with zero attached hydrogens (tertiary/aromatic N) is 1. The molecule has 0 aliphatic heterocycles. The molecule has 0 aromatic rings. The Labute approximate surface area is 96.6 Å². The molecule has 0 aromatic carbocycles. The highest BCUT2D eigenvalue weighted by atomic mass is 35.5. The summed E-state index contributed by atoms with van der Waals surface area (Å²) >= 11 is 5.97. The summed E-state index contributed by atoms with van der Waals surface area (Å²) in [5.74, 6) is 0.443. The van der Waals surface area contributed by atoms with E-state index in [4.69, 9.17) is 11.6 Å². The molecule has 1 aliphatic carbocycles. The lowest BCUT2D eigenvalue weighted by Gasteiger charge is -2.10. The van der Waals surface area contributed by atoms with Crippen LogP contribution in [0.3, 0.4) is 0 Å². The van der Waals surface area contributed by atoms with Gasteiger partial charge in [0, 0.05) is 5.03 Å². The third-order valence-electron chi connectivity index (χ3n) is 2.40. The zero-order valence-corrected chi connectivity index (χ0v) is 9.80. The minimum atomic E-state index is 0.443. The Kier molecular flexibility index (Phi) is 4.57. The van der Waals surface area contributed by atoms with E-state index in [2.05, 4.69) is 31.3 Å². The number of hydrogen-bond acceptors (Lipinski definition) is 1. The average molecular weight is 222 g/mol. The summed E-state index contributed by atoms with van der Waals surface area (Å²) in [6.07, 6.45) is 9.72. The van der Waals surface area contributed by atoms with Crippen molar-refractivity contribution in [2.75, 3.05) is 0 Å². The van der Waals surface area contributed by atoms with Crippen LogP contribution in [0, 0.1) is 5.92 Å². The molecule has 1 unspecified atom stereocenters. The van der Waals surface area contributed by atoms with Gasteiger partial charge in [-0.05, 0) is 37.1 Å². The van der Waals surface area contributed by atoms with Crippen LogP contribution in [0.1, 0.15) is 19.8 Å². The van der Waals surface area contributed by atoms with Crippen LogP contribution in [0.4, 0.5) is 0 Å². The first-order valence-electron chi connectivity index (χ1n) is 5.03. The predicted octanol–water partition coefficient (Wildman–Crippen LogP) is 4.24. The summed E-state index contributed by atoms with van der Waals surface area (Å²) in [5, 5.41) is 0.731. The lowest BCUT2D eigenvalue weighted by atomic mass is 9.98. The second-order valence-corrected chi connectivity index (χ2v) is 4.10. The monoisotopic (exact) mass is 221 g/mol. The third kappa shape index (κ3) is 3.52. The number of aliphatic imine (C=N–C) groups is 1. The molecule has 0 amide bonds. The maximum absolute atomic E-state index is 5.97. The molecule has 80 valence electrons. The minimum absolute atomic E-state index is 0.443. The van der Waals surface area contributed by atoms with Gasteiger partial charge in [0.25, 0.3) is 0 Å². The van der Waals surface area contributed by atoms with Gasteiger partial charge in [0.2, 0.25) is 0 Å². The third-order valence-corrected chi connectivity index (χ3v) is 2.66. The van der Waals surface area contributed by atoms with Crippen molar-refractivity contribution in [3.63, 3.8) is 0 Å². The number of halogens is 1. The van der Waals surface area contributed by atoms with Gasteiger partial charge < -0.3 is 0 Å². The summed E-state index contributed by atoms with van der Waals surface area (Å²) in [6.45, 7) is 9.49. The van der Waals surface area contributed by atoms with Crippen molar-refractivity contribution < 1.29 is 0 Å². The quantitative estimate of drug-likeness (QED) is 0.498. The Morgan fingerprint density at radius 1 is 1.60 bits per heavy atom. The summed E-state index contributed by atoms with van der Waals surface area (Å²) in [5.41, 5.74) is 2.08. The van der Waals surface area contributed by atoms with Crippen molar-refractivity contribution in [1.82, 2.24) is 0 Å². The average Bonchev–Trinajstić information content (AvgIpc) is 2.40. The van der Waals surface area contributed by atoms with Gasteiger partial charge in [-0.15, -0.1) is 6.58 Å². The minimum Gasteiger partial charge on any atom is -0.264 e. The van der Waals surface area contributed by atoms with Crippen molar-refractivity contribution >= 4 is 18.3 Å². The molecule has 0 heterocycles. The Hall–Kier alpha value is -1.08. The number of rotatable bonds is 4. The fourth-order valence-corrected chi connectivity index (χ4v) is 1.66.